The summed E-state index contributed by atoms with van der Waals surface area (Å²) in [7, 11) is 0. The molecule has 5 heteroatoms. The largest absolute Gasteiger partial charge is 0.478 e. The average Bonchev–Trinajstić information content (AvgIpc) is 3.10. The van der Waals surface area contributed by atoms with E-state index in [9.17, 15) is 14.7 Å². The lowest BCUT2D eigenvalue weighted by atomic mass is 9.52. The number of carbonyl (C=O) groups is 2. The molecule has 1 aromatic rings. The van der Waals surface area contributed by atoms with Gasteiger partial charge in [-0.05, 0) is 67.9 Å². The summed E-state index contributed by atoms with van der Waals surface area (Å²) in [4.78, 5) is 23.1. The van der Waals surface area contributed by atoms with Crippen LogP contribution in [0.5, 0.6) is 0 Å². The lowest BCUT2D eigenvalue weighted by molar-refractivity contribution is -0.144. The number of aliphatic carboxylic acids is 1. The second kappa shape index (κ2) is 7.68. The van der Waals surface area contributed by atoms with Gasteiger partial charge in [0, 0.05) is 17.9 Å². The Balaban J connectivity index is 1.82. The summed E-state index contributed by atoms with van der Waals surface area (Å²) >= 11 is 0. The van der Waals surface area contributed by atoms with Crippen molar-refractivity contribution in [1.82, 2.24) is 0 Å². The van der Waals surface area contributed by atoms with Gasteiger partial charge in [0.2, 0.25) is 0 Å². The van der Waals surface area contributed by atoms with Crippen molar-refractivity contribution >= 4 is 11.9 Å². The van der Waals surface area contributed by atoms with E-state index in [-0.39, 0.29) is 17.3 Å². The van der Waals surface area contributed by atoms with Crippen LogP contribution in [0.2, 0.25) is 0 Å². The molecule has 1 aromatic heterocycles. The Labute approximate surface area is 154 Å². The molecule has 26 heavy (non-hydrogen) atoms. The van der Waals surface area contributed by atoms with Crippen LogP contribution in [-0.2, 0) is 20.7 Å². The van der Waals surface area contributed by atoms with E-state index in [0.29, 0.717) is 24.0 Å². The molecule has 1 N–H and O–H groups in total. The van der Waals surface area contributed by atoms with E-state index in [4.69, 9.17) is 9.15 Å². The molecule has 1 fully saturated rings. The lowest BCUT2D eigenvalue weighted by Crippen LogP contribution is -2.47. The Morgan fingerprint density at radius 1 is 1.38 bits per heavy atom. The van der Waals surface area contributed by atoms with Gasteiger partial charge >= 0.3 is 11.9 Å². The lowest BCUT2D eigenvalue weighted by Gasteiger charge is -2.52. The van der Waals surface area contributed by atoms with E-state index in [1.54, 1.807) is 12.5 Å². The first kappa shape index (κ1) is 18.7. The molecule has 1 saturated carbocycles. The maximum Gasteiger partial charge on any atom is 0.331 e. The molecule has 3 rings (SSSR count). The van der Waals surface area contributed by atoms with Crippen LogP contribution in [0.15, 0.2) is 34.7 Å². The van der Waals surface area contributed by atoms with Crippen LogP contribution in [0, 0.1) is 23.2 Å². The second-order valence-corrected chi connectivity index (χ2v) is 7.96. The van der Waals surface area contributed by atoms with Crippen molar-refractivity contribution < 1.29 is 23.8 Å². The SMILES string of the molecule is CC(=O)OC[C@@H]1CC[C@@]2(C)C(C(=O)O)=CCC[C@@H]2[C@H]1CCc1ccoc1. The first-order valence-corrected chi connectivity index (χ1v) is 9.50. The molecule has 0 spiro atoms. The van der Waals surface area contributed by atoms with Gasteiger partial charge < -0.3 is 14.3 Å². The van der Waals surface area contributed by atoms with Crippen LogP contribution >= 0.6 is 0 Å². The van der Waals surface area contributed by atoms with Crippen LogP contribution in [0.4, 0.5) is 0 Å². The van der Waals surface area contributed by atoms with E-state index >= 15 is 0 Å². The Hall–Kier alpha value is -2.04. The zero-order valence-corrected chi connectivity index (χ0v) is 15.6. The van der Waals surface area contributed by atoms with Gasteiger partial charge in [-0.1, -0.05) is 13.0 Å². The van der Waals surface area contributed by atoms with E-state index in [1.165, 1.54) is 6.92 Å². The number of aryl methyl sites for hydroxylation is 1. The van der Waals surface area contributed by atoms with Crippen LogP contribution in [0.3, 0.4) is 0 Å². The molecule has 0 saturated heterocycles. The Morgan fingerprint density at radius 2 is 2.19 bits per heavy atom. The smallest absolute Gasteiger partial charge is 0.331 e. The summed E-state index contributed by atoms with van der Waals surface area (Å²) in [5.74, 6) is -0.103. The maximum atomic E-state index is 11.8. The number of allylic oxidation sites excluding steroid dienone is 1. The van der Waals surface area contributed by atoms with Gasteiger partial charge in [-0.25, -0.2) is 4.79 Å². The first-order chi connectivity index (χ1) is 12.4. The number of carboxylic acid groups (broad SMARTS) is 1. The zero-order valence-electron chi connectivity index (χ0n) is 15.6. The zero-order chi connectivity index (χ0) is 18.7. The molecule has 142 valence electrons. The normalized spacial score (nSPS) is 31.0. The molecule has 0 radical (unpaired) electrons. The molecule has 0 amide bonds. The minimum absolute atomic E-state index is 0.248. The number of fused-ring (bicyclic) bond motifs is 1. The maximum absolute atomic E-state index is 11.8. The Morgan fingerprint density at radius 3 is 2.85 bits per heavy atom. The van der Waals surface area contributed by atoms with E-state index in [1.807, 2.05) is 12.1 Å². The van der Waals surface area contributed by atoms with Crippen molar-refractivity contribution in [2.24, 2.45) is 23.2 Å². The van der Waals surface area contributed by atoms with Crippen molar-refractivity contribution in [2.75, 3.05) is 6.61 Å². The van der Waals surface area contributed by atoms with Crippen LogP contribution < -0.4 is 0 Å². The number of hydrogen-bond donors (Lipinski definition) is 1. The standard InChI is InChI=1S/C21H28O5/c1-14(22)26-13-16-8-10-21(2)18(4-3-5-19(21)20(23)24)17(16)7-6-15-9-11-25-12-15/h5,9,11-12,16-18H,3-4,6-8,10,13H2,1-2H3,(H,23,24)/t16-,17-,18+,21+/m0/s1. The summed E-state index contributed by atoms with van der Waals surface area (Å²) in [5.41, 5.74) is 1.44. The fourth-order valence-corrected chi connectivity index (χ4v) is 5.16. The molecule has 0 bridgehead atoms. The van der Waals surface area contributed by atoms with Gasteiger partial charge in [0.1, 0.15) is 0 Å². The summed E-state index contributed by atoms with van der Waals surface area (Å²) < 4.78 is 10.5. The minimum atomic E-state index is -0.788. The predicted octanol–water partition coefficient (Wildman–Crippen LogP) is 4.23. The molecular formula is C21H28O5. The third-order valence-corrected chi connectivity index (χ3v) is 6.49. The number of ether oxygens (including phenoxy) is 1. The Kier molecular flexibility index (Phi) is 5.54. The van der Waals surface area contributed by atoms with Crippen molar-refractivity contribution in [1.29, 1.82) is 0 Å². The van der Waals surface area contributed by atoms with Crippen molar-refractivity contribution in [3.05, 3.63) is 35.8 Å². The first-order valence-electron chi connectivity index (χ1n) is 9.50. The highest BCUT2D eigenvalue weighted by molar-refractivity contribution is 5.88. The van der Waals surface area contributed by atoms with Gasteiger partial charge in [0.15, 0.2) is 0 Å². The summed E-state index contributed by atoms with van der Waals surface area (Å²) in [6.07, 6.45) is 10.8. The van der Waals surface area contributed by atoms with E-state index in [0.717, 1.165) is 44.1 Å². The second-order valence-electron chi connectivity index (χ2n) is 7.96. The van der Waals surface area contributed by atoms with Gasteiger partial charge in [-0.3, -0.25) is 4.79 Å². The molecule has 1 heterocycles. The van der Waals surface area contributed by atoms with Crippen LogP contribution in [0.1, 0.15) is 51.5 Å². The van der Waals surface area contributed by atoms with Crippen LogP contribution in [0.25, 0.3) is 0 Å². The molecule has 5 nitrogen and oxygen atoms in total. The van der Waals surface area contributed by atoms with Crippen molar-refractivity contribution in [3.8, 4) is 0 Å². The number of rotatable bonds is 6. The summed E-state index contributed by atoms with van der Waals surface area (Å²) in [6.45, 7) is 3.99. The average molecular weight is 360 g/mol. The van der Waals surface area contributed by atoms with Gasteiger partial charge in [-0.15, -0.1) is 0 Å². The number of furan rings is 1. The highest BCUT2D eigenvalue weighted by atomic mass is 16.5. The molecule has 0 aromatic carbocycles. The van der Waals surface area contributed by atoms with Gasteiger partial charge in [0.05, 0.1) is 19.1 Å². The van der Waals surface area contributed by atoms with E-state index in [2.05, 4.69) is 6.92 Å². The Bertz CT molecular complexity index is 675. The highest BCUT2D eigenvalue weighted by Gasteiger charge is 2.50. The quantitative estimate of drug-likeness (QED) is 0.768. The molecule has 2 aliphatic carbocycles. The van der Waals surface area contributed by atoms with Crippen LogP contribution in [-0.4, -0.2) is 23.7 Å². The fraction of sp³-hybridized carbons (Fsp3) is 0.619. The molecule has 0 unspecified atom stereocenters. The summed E-state index contributed by atoms with van der Waals surface area (Å²) in [6, 6.07) is 1.98. The molecule has 2 aliphatic rings. The number of carboxylic acids is 1. The third kappa shape index (κ3) is 3.71. The predicted molar refractivity (Wildman–Crippen MR) is 96.4 cm³/mol. The number of esters is 1. The van der Waals surface area contributed by atoms with Crippen molar-refractivity contribution in [2.45, 2.75) is 52.4 Å². The molecular weight excluding hydrogens is 332 g/mol. The molecule has 0 aliphatic heterocycles. The van der Waals surface area contributed by atoms with Crippen molar-refractivity contribution in [3.63, 3.8) is 0 Å². The van der Waals surface area contributed by atoms with Gasteiger partial charge in [-0.2, -0.15) is 0 Å². The fourth-order valence-electron chi connectivity index (χ4n) is 5.16. The minimum Gasteiger partial charge on any atom is -0.478 e. The van der Waals surface area contributed by atoms with Gasteiger partial charge in [0.25, 0.3) is 0 Å². The topological polar surface area (TPSA) is 76.7 Å². The summed E-state index contributed by atoms with van der Waals surface area (Å²) in [5, 5.41) is 9.70. The molecule has 4 atom stereocenters. The third-order valence-electron chi connectivity index (χ3n) is 6.49. The number of hydrogen-bond acceptors (Lipinski definition) is 4. The highest BCUT2D eigenvalue weighted by Crippen LogP contribution is 2.56. The van der Waals surface area contributed by atoms with E-state index < -0.39 is 5.97 Å². The monoisotopic (exact) mass is 360 g/mol. The number of carbonyl (C=O) groups excluding carboxylic acids is 1.